The van der Waals surface area contributed by atoms with Crippen LogP contribution < -0.4 is 10.1 Å². The molecule has 9 nitrogen and oxygen atoms in total. The first-order valence-corrected chi connectivity index (χ1v) is 8.30. The predicted molar refractivity (Wildman–Crippen MR) is 97.5 cm³/mol. The second-order valence-corrected chi connectivity index (χ2v) is 5.95. The summed E-state index contributed by atoms with van der Waals surface area (Å²) in [4.78, 5) is 20.7. The molecule has 0 radical (unpaired) electrons. The SMILES string of the molecule is Cc1nn(C)cc1COc1ccccc1NC(=O)c1nc2ncccn2n1. The van der Waals surface area contributed by atoms with Crippen molar-refractivity contribution in [1.82, 2.24) is 29.4 Å². The standard InChI is InChI=1S/C18H17N7O2/c1-12-13(10-24(2)22-12)11-27-15-7-4-3-6-14(15)20-17(26)16-21-18-19-8-5-9-25(18)23-16/h3-10H,11H2,1-2H3,(H,20,26). The van der Waals surface area contributed by atoms with Crippen molar-refractivity contribution in [2.75, 3.05) is 5.32 Å². The van der Waals surface area contributed by atoms with Gasteiger partial charge in [-0.2, -0.15) is 10.1 Å². The lowest BCUT2D eigenvalue weighted by molar-refractivity contribution is 0.101. The van der Waals surface area contributed by atoms with Crippen molar-refractivity contribution in [2.45, 2.75) is 13.5 Å². The van der Waals surface area contributed by atoms with Crippen molar-refractivity contribution in [2.24, 2.45) is 7.05 Å². The number of nitrogens with zero attached hydrogens (tertiary/aromatic N) is 6. The fourth-order valence-corrected chi connectivity index (χ4v) is 2.65. The lowest BCUT2D eigenvalue weighted by atomic mass is 10.2. The first kappa shape index (κ1) is 16.7. The summed E-state index contributed by atoms with van der Waals surface area (Å²) in [5, 5.41) is 11.2. The summed E-state index contributed by atoms with van der Waals surface area (Å²) >= 11 is 0. The van der Waals surface area contributed by atoms with E-state index in [1.54, 1.807) is 35.3 Å². The van der Waals surface area contributed by atoms with Crippen LogP contribution in [0.4, 0.5) is 5.69 Å². The van der Waals surface area contributed by atoms with Gasteiger partial charge in [0.05, 0.1) is 11.4 Å². The molecule has 0 fully saturated rings. The van der Waals surface area contributed by atoms with Gasteiger partial charge in [0.15, 0.2) is 0 Å². The van der Waals surface area contributed by atoms with Crippen molar-refractivity contribution >= 4 is 17.4 Å². The number of benzene rings is 1. The van der Waals surface area contributed by atoms with Crippen LogP contribution in [0.25, 0.3) is 5.78 Å². The number of rotatable bonds is 5. The van der Waals surface area contributed by atoms with E-state index >= 15 is 0 Å². The summed E-state index contributed by atoms with van der Waals surface area (Å²) in [5.74, 6) is 0.510. The van der Waals surface area contributed by atoms with E-state index in [0.717, 1.165) is 11.3 Å². The van der Waals surface area contributed by atoms with Crippen LogP contribution in [0, 0.1) is 6.92 Å². The van der Waals surface area contributed by atoms with E-state index < -0.39 is 5.91 Å². The lowest BCUT2D eigenvalue weighted by Gasteiger charge is -2.11. The Morgan fingerprint density at radius 3 is 2.85 bits per heavy atom. The normalized spacial score (nSPS) is 10.9. The van der Waals surface area contributed by atoms with Crippen LogP contribution in [0.3, 0.4) is 0 Å². The second kappa shape index (κ2) is 6.87. The minimum atomic E-state index is -0.436. The smallest absolute Gasteiger partial charge is 0.295 e. The van der Waals surface area contributed by atoms with Crippen LogP contribution >= 0.6 is 0 Å². The highest BCUT2D eigenvalue weighted by Gasteiger charge is 2.16. The highest BCUT2D eigenvalue weighted by molar-refractivity contribution is 6.02. The average Bonchev–Trinajstić information content (AvgIpc) is 3.23. The number of carbonyl (C=O) groups is 1. The first-order valence-electron chi connectivity index (χ1n) is 8.30. The maximum absolute atomic E-state index is 12.5. The molecular weight excluding hydrogens is 346 g/mol. The molecule has 3 aromatic heterocycles. The van der Waals surface area contributed by atoms with Gasteiger partial charge in [-0.15, -0.1) is 5.10 Å². The number of carbonyl (C=O) groups excluding carboxylic acids is 1. The van der Waals surface area contributed by atoms with Crippen molar-refractivity contribution < 1.29 is 9.53 Å². The Balaban J connectivity index is 1.52. The molecule has 3 heterocycles. The van der Waals surface area contributed by atoms with Crippen LogP contribution in [-0.4, -0.2) is 35.3 Å². The van der Waals surface area contributed by atoms with Crippen LogP contribution in [-0.2, 0) is 13.7 Å². The van der Waals surface area contributed by atoms with E-state index in [4.69, 9.17) is 4.74 Å². The number of amides is 1. The maximum Gasteiger partial charge on any atom is 0.295 e. The van der Waals surface area contributed by atoms with Crippen LogP contribution in [0.15, 0.2) is 48.9 Å². The Labute approximate surface area is 154 Å². The molecule has 0 bridgehead atoms. The summed E-state index contributed by atoms with van der Waals surface area (Å²) in [6.07, 6.45) is 5.18. The molecule has 136 valence electrons. The van der Waals surface area contributed by atoms with Gasteiger partial charge in [-0.3, -0.25) is 9.48 Å². The molecule has 1 N–H and O–H groups in total. The summed E-state index contributed by atoms with van der Waals surface area (Å²) in [6, 6.07) is 8.93. The number of anilines is 1. The fraction of sp³-hybridized carbons (Fsp3) is 0.167. The number of aromatic nitrogens is 6. The quantitative estimate of drug-likeness (QED) is 0.582. The number of para-hydroxylation sites is 2. The lowest BCUT2D eigenvalue weighted by Crippen LogP contribution is -2.14. The molecule has 4 aromatic rings. The third-order valence-corrected chi connectivity index (χ3v) is 3.95. The first-order chi connectivity index (χ1) is 13.1. The minimum absolute atomic E-state index is 0.0339. The average molecular weight is 363 g/mol. The highest BCUT2D eigenvalue weighted by atomic mass is 16.5. The van der Waals surface area contributed by atoms with E-state index in [1.165, 1.54) is 4.52 Å². The van der Waals surface area contributed by atoms with Crippen molar-refractivity contribution in [3.05, 3.63) is 66.0 Å². The van der Waals surface area contributed by atoms with Gasteiger partial charge in [-0.1, -0.05) is 12.1 Å². The van der Waals surface area contributed by atoms with Crippen LogP contribution in [0.5, 0.6) is 5.75 Å². The number of ether oxygens (including phenoxy) is 1. The van der Waals surface area contributed by atoms with Crippen LogP contribution in [0.1, 0.15) is 21.9 Å². The second-order valence-electron chi connectivity index (χ2n) is 5.95. The summed E-state index contributed by atoms with van der Waals surface area (Å²) < 4.78 is 9.07. The number of fused-ring (bicyclic) bond motifs is 1. The molecule has 0 spiro atoms. The molecule has 9 heteroatoms. The Morgan fingerprint density at radius 2 is 2.07 bits per heavy atom. The Kier molecular flexibility index (Phi) is 4.25. The van der Waals surface area contributed by atoms with E-state index in [2.05, 4.69) is 25.5 Å². The van der Waals surface area contributed by atoms with E-state index in [-0.39, 0.29) is 5.82 Å². The summed E-state index contributed by atoms with van der Waals surface area (Å²) in [7, 11) is 1.86. The third kappa shape index (κ3) is 3.47. The molecule has 0 unspecified atom stereocenters. The van der Waals surface area contributed by atoms with Gasteiger partial charge in [0.1, 0.15) is 12.4 Å². The molecule has 1 amide bonds. The van der Waals surface area contributed by atoms with Crippen molar-refractivity contribution in [3.8, 4) is 5.75 Å². The molecule has 0 saturated carbocycles. The summed E-state index contributed by atoms with van der Waals surface area (Å²) in [5.41, 5.74) is 2.42. The topological polar surface area (TPSA) is 99.2 Å². The van der Waals surface area contributed by atoms with Gasteiger partial charge in [0.2, 0.25) is 5.82 Å². The van der Waals surface area contributed by atoms with Crippen molar-refractivity contribution in [1.29, 1.82) is 0 Å². The fourth-order valence-electron chi connectivity index (χ4n) is 2.65. The third-order valence-electron chi connectivity index (χ3n) is 3.95. The molecule has 4 rings (SSSR count). The molecule has 0 atom stereocenters. The summed E-state index contributed by atoms with van der Waals surface area (Å²) in [6.45, 7) is 2.28. The molecule has 1 aromatic carbocycles. The number of aryl methyl sites for hydroxylation is 2. The maximum atomic E-state index is 12.5. The molecule has 0 aliphatic carbocycles. The molecule has 0 aliphatic rings. The zero-order chi connectivity index (χ0) is 18.8. The number of hydrogen-bond acceptors (Lipinski definition) is 6. The Hall–Kier alpha value is -3.75. The van der Waals surface area contributed by atoms with Gasteiger partial charge in [-0.25, -0.2) is 9.50 Å². The van der Waals surface area contributed by atoms with Crippen LogP contribution in [0.2, 0.25) is 0 Å². The number of nitrogens with one attached hydrogen (secondary N) is 1. The highest BCUT2D eigenvalue weighted by Crippen LogP contribution is 2.25. The molecule has 27 heavy (non-hydrogen) atoms. The van der Waals surface area contributed by atoms with E-state index in [0.29, 0.717) is 23.8 Å². The van der Waals surface area contributed by atoms with E-state index in [9.17, 15) is 4.79 Å². The molecule has 0 saturated heterocycles. The van der Waals surface area contributed by atoms with Gasteiger partial charge in [-0.05, 0) is 25.1 Å². The number of hydrogen-bond donors (Lipinski definition) is 1. The Bertz CT molecular complexity index is 1080. The Morgan fingerprint density at radius 1 is 1.22 bits per heavy atom. The van der Waals surface area contributed by atoms with Gasteiger partial charge in [0.25, 0.3) is 11.7 Å². The molecular formula is C18H17N7O2. The van der Waals surface area contributed by atoms with Crippen molar-refractivity contribution in [3.63, 3.8) is 0 Å². The largest absolute Gasteiger partial charge is 0.487 e. The van der Waals surface area contributed by atoms with E-state index in [1.807, 2.05) is 32.3 Å². The van der Waals surface area contributed by atoms with Gasteiger partial charge >= 0.3 is 0 Å². The molecule has 0 aliphatic heterocycles. The van der Waals surface area contributed by atoms with Gasteiger partial charge < -0.3 is 10.1 Å². The van der Waals surface area contributed by atoms with Gasteiger partial charge in [0, 0.05) is 31.2 Å². The zero-order valence-electron chi connectivity index (χ0n) is 14.8. The minimum Gasteiger partial charge on any atom is -0.487 e. The predicted octanol–water partition coefficient (Wildman–Crippen LogP) is 2.00. The monoisotopic (exact) mass is 363 g/mol. The zero-order valence-corrected chi connectivity index (χ0v) is 14.8.